The van der Waals surface area contributed by atoms with Gasteiger partial charge in [-0.1, -0.05) is 6.07 Å². The molecule has 1 aromatic carbocycles. The highest BCUT2D eigenvalue weighted by molar-refractivity contribution is 5.39. The van der Waals surface area contributed by atoms with Crippen LogP contribution in [0, 0.1) is 5.92 Å². The normalized spacial score (nSPS) is 28.8. The monoisotopic (exact) mass is 293 g/mol. The third-order valence-electron chi connectivity index (χ3n) is 4.85. The second-order valence-electron chi connectivity index (χ2n) is 6.10. The van der Waals surface area contributed by atoms with E-state index >= 15 is 0 Å². The van der Waals surface area contributed by atoms with Crippen LogP contribution in [0.5, 0.6) is 5.75 Å². The largest absolute Gasteiger partial charge is 0.494 e. The van der Waals surface area contributed by atoms with Gasteiger partial charge in [0.05, 0.1) is 19.4 Å². The van der Waals surface area contributed by atoms with Gasteiger partial charge in [-0.05, 0) is 49.4 Å². The number of aliphatic hydroxyl groups is 1. The van der Waals surface area contributed by atoms with Crippen LogP contribution >= 0.6 is 0 Å². The second kappa shape index (κ2) is 6.32. The zero-order valence-corrected chi connectivity index (χ0v) is 12.6. The number of nitrogens with zero attached hydrogens (tertiary/aromatic N) is 1. The number of halogens is 1. The Morgan fingerprint density at radius 2 is 2.29 bits per heavy atom. The lowest BCUT2D eigenvalue weighted by Crippen LogP contribution is -2.48. The molecule has 1 fully saturated rings. The number of benzene rings is 1. The van der Waals surface area contributed by atoms with Crippen molar-refractivity contribution in [3.63, 3.8) is 0 Å². The molecule has 3 atom stereocenters. The molecule has 21 heavy (non-hydrogen) atoms. The minimum atomic E-state index is -0.389. The summed E-state index contributed by atoms with van der Waals surface area (Å²) in [6, 6.07) is 6.57. The van der Waals surface area contributed by atoms with E-state index in [4.69, 9.17) is 4.74 Å². The van der Waals surface area contributed by atoms with Gasteiger partial charge in [-0.15, -0.1) is 0 Å². The molecule has 2 aliphatic heterocycles. The lowest BCUT2D eigenvalue weighted by Gasteiger charge is -2.45. The summed E-state index contributed by atoms with van der Waals surface area (Å²) in [4.78, 5) is 2.41. The summed E-state index contributed by atoms with van der Waals surface area (Å²) >= 11 is 0. The molecule has 2 aliphatic rings. The van der Waals surface area contributed by atoms with Crippen LogP contribution in [0.25, 0.3) is 0 Å². The molecular formula is C17H24FNO2. The van der Waals surface area contributed by atoms with Gasteiger partial charge in [-0.25, -0.2) is 0 Å². The molecule has 116 valence electrons. The highest BCUT2D eigenvalue weighted by atomic mass is 19.1. The lowest BCUT2D eigenvalue weighted by atomic mass is 9.81. The number of piperidine rings is 1. The lowest BCUT2D eigenvalue weighted by molar-refractivity contribution is -0.0169. The van der Waals surface area contributed by atoms with Gasteiger partial charge in [-0.3, -0.25) is 9.29 Å². The summed E-state index contributed by atoms with van der Waals surface area (Å²) in [6.45, 7) is 4.13. The van der Waals surface area contributed by atoms with Crippen LogP contribution in [-0.2, 0) is 6.42 Å². The first-order valence-corrected chi connectivity index (χ1v) is 7.96. The second-order valence-corrected chi connectivity index (χ2v) is 6.10. The van der Waals surface area contributed by atoms with Gasteiger partial charge in [0.25, 0.3) is 0 Å². The summed E-state index contributed by atoms with van der Waals surface area (Å²) in [5.74, 6) is 1.01. The quantitative estimate of drug-likeness (QED) is 0.926. The molecule has 0 spiro atoms. The van der Waals surface area contributed by atoms with E-state index in [1.165, 1.54) is 11.1 Å². The Morgan fingerprint density at radius 3 is 3.05 bits per heavy atom. The minimum absolute atomic E-state index is 0.0792. The Balaban J connectivity index is 1.80. The highest BCUT2D eigenvalue weighted by Gasteiger charge is 2.37. The first-order chi connectivity index (χ1) is 10.2. The standard InChI is InChI=1S/C17H24FNO2/c1-2-21-14-3-4-15-12(9-14)6-8-19-11-13(5-7-18)17(20)10-16(15)19/h3-4,9,13,16-17,20H,2,5-8,10-11H2,1H3/t13-,16-,17-/m0/s1/i18+0. The predicted octanol–water partition coefficient (Wildman–Crippen LogP) is 2.72. The Labute approximate surface area is 125 Å². The summed E-state index contributed by atoms with van der Waals surface area (Å²) in [5.41, 5.74) is 2.64. The molecule has 0 amide bonds. The molecule has 0 unspecified atom stereocenters. The molecule has 0 saturated carbocycles. The van der Waals surface area contributed by atoms with Crippen LogP contribution in [0.4, 0.5) is 4.39 Å². The zero-order valence-electron chi connectivity index (χ0n) is 12.6. The van der Waals surface area contributed by atoms with Crippen LogP contribution in [0.1, 0.15) is 36.9 Å². The van der Waals surface area contributed by atoms with Crippen molar-refractivity contribution in [1.29, 1.82) is 0 Å². The van der Waals surface area contributed by atoms with Crippen LogP contribution < -0.4 is 4.74 Å². The van der Waals surface area contributed by atoms with Crippen LogP contribution in [0.3, 0.4) is 0 Å². The van der Waals surface area contributed by atoms with Gasteiger partial charge in [0.1, 0.15) is 5.75 Å². The molecule has 1 saturated heterocycles. The van der Waals surface area contributed by atoms with Crippen molar-refractivity contribution >= 4 is 0 Å². The van der Waals surface area contributed by atoms with Gasteiger partial charge < -0.3 is 9.84 Å². The predicted molar refractivity (Wildman–Crippen MR) is 80.3 cm³/mol. The maximum Gasteiger partial charge on any atom is 0.119 e. The number of ether oxygens (including phenoxy) is 1. The van der Waals surface area contributed by atoms with E-state index in [0.717, 1.165) is 25.3 Å². The summed E-state index contributed by atoms with van der Waals surface area (Å²) in [5, 5.41) is 10.3. The van der Waals surface area contributed by atoms with Crippen molar-refractivity contribution in [2.75, 3.05) is 26.4 Å². The van der Waals surface area contributed by atoms with E-state index in [1.807, 2.05) is 13.0 Å². The van der Waals surface area contributed by atoms with Crippen molar-refractivity contribution in [2.24, 2.45) is 5.92 Å². The maximum atomic E-state index is 12.6. The average Bonchev–Trinajstić information content (AvgIpc) is 2.48. The smallest absolute Gasteiger partial charge is 0.119 e. The first kappa shape index (κ1) is 14.8. The molecule has 0 radical (unpaired) electrons. The fraction of sp³-hybridized carbons (Fsp3) is 0.647. The van der Waals surface area contributed by atoms with E-state index in [2.05, 4.69) is 17.0 Å². The number of hydrogen-bond acceptors (Lipinski definition) is 3. The third kappa shape index (κ3) is 2.92. The van der Waals surface area contributed by atoms with Crippen LogP contribution in [0.15, 0.2) is 18.2 Å². The fourth-order valence-corrected chi connectivity index (χ4v) is 3.76. The average molecular weight is 293 g/mol. The van der Waals surface area contributed by atoms with E-state index < -0.39 is 0 Å². The summed E-state index contributed by atoms with van der Waals surface area (Å²) in [7, 11) is 0. The molecule has 2 heterocycles. The van der Waals surface area contributed by atoms with Gasteiger partial charge in [0.15, 0.2) is 0 Å². The molecular weight excluding hydrogens is 269 g/mol. The topological polar surface area (TPSA) is 32.7 Å². The van der Waals surface area contributed by atoms with Gasteiger partial charge >= 0.3 is 0 Å². The molecule has 4 heteroatoms. The zero-order chi connectivity index (χ0) is 14.8. The molecule has 1 N–H and O–H groups in total. The maximum absolute atomic E-state index is 12.6. The summed E-state index contributed by atoms with van der Waals surface area (Å²) < 4.78 is 18.2. The number of fused-ring (bicyclic) bond motifs is 3. The van der Waals surface area contributed by atoms with E-state index in [-0.39, 0.29) is 24.7 Å². The molecule has 0 aromatic heterocycles. The fourth-order valence-electron chi connectivity index (χ4n) is 3.76. The molecule has 3 rings (SSSR count). The molecule has 0 bridgehead atoms. The third-order valence-corrected chi connectivity index (χ3v) is 4.85. The number of aliphatic hydroxyl groups excluding tert-OH is 1. The van der Waals surface area contributed by atoms with Crippen molar-refractivity contribution < 1.29 is 14.2 Å². The Morgan fingerprint density at radius 1 is 1.43 bits per heavy atom. The highest BCUT2D eigenvalue weighted by Crippen LogP contribution is 2.40. The Bertz CT molecular complexity index is 494. The van der Waals surface area contributed by atoms with E-state index in [9.17, 15) is 9.50 Å². The number of hydrogen-bond donors (Lipinski definition) is 1. The van der Waals surface area contributed by atoms with Gasteiger partial charge in [0.2, 0.25) is 0 Å². The van der Waals surface area contributed by atoms with E-state index in [0.29, 0.717) is 19.4 Å². The molecule has 0 aliphatic carbocycles. The van der Waals surface area contributed by atoms with Crippen molar-refractivity contribution in [2.45, 2.75) is 38.3 Å². The molecule has 1 aromatic rings. The van der Waals surface area contributed by atoms with Crippen LogP contribution in [0.2, 0.25) is 0 Å². The van der Waals surface area contributed by atoms with Crippen molar-refractivity contribution in [3.05, 3.63) is 29.3 Å². The summed E-state index contributed by atoms with van der Waals surface area (Å²) in [6.07, 6.45) is 1.80. The van der Waals surface area contributed by atoms with Crippen LogP contribution in [-0.4, -0.2) is 42.5 Å². The van der Waals surface area contributed by atoms with E-state index in [1.54, 1.807) is 0 Å². The SMILES string of the molecule is CCOc1ccc2c(c1)CCN1C[C@H](CC[19F])[C@@H](O)C[C@@H]21. The minimum Gasteiger partial charge on any atom is -0.494 e. The molecule has 3 nitrogen and oxygen atoms in total. The number of rotatable bonds is 4. The Hall–Kier alpha value is -1.13. The Kier molecular flexibility index (Phi) is 4.45. The van der Waals surface area contributed by atoms with Gasteiger partial charge in [0, 0.05) is 25.0 Å². The first-order valence-electron chi connectivity index (χ1n) is 7.96. The van der Waals surface area contributed by atoms with Crippen molar-refractivity contribution in [1.82, 2.24) is 4.90 Å². The van der Waals surface area contributed by atoms with Crippen molar-refractivity contribution in [3.8, 4) is 5.75 Å². The number of alkyl halides is 1. The van der Waals surface area contributed by atoms with Gasteiger partial charge in [-0.2, -0.15) is 0 Å².